The Hall–Kier alpha value is -2.05. The predicted molar refractivity (Wildman–Crippen MR) is 104 cm³/mol. The topological polar surface area (TPSA) is 84.6 Å². The third kappa shape index (κ3) is 7.23. The summed E-state index contributed by atoms with van der Waals surface area (Å²) < 4.78 is 48.1. The van der Waals surface area contributed by atoms with Crippen molar-refractivity contribution in [1.82, 2.24) is 20.6 Å². The van der Waals surface area contributed by atoms with Crippen molar-refractivity contribution < 1.29 is 22.3 Å². The lowest BCUT2D eigenvalue weighted by molar-refractivity contribution is -0.137. The molecular weight excluding hydrogens is 478 g/mol. The van der Waals surface area contributed by atoms with Gasteiger partial charge in [-0.3, -0.25) is 4.99 Å². The van der Waals surface area contributed by atoms with Crippen molar-refractivity contribution in [3.63, 3.8) is 0 Å². The summed E-state index contributed by atoms with van der Waals surface area (Å²) in [5.74, 6) is 1.95. The quantitative estimate of drug-likeness (QED) is 0.275. The molecule has 2 N–H and O–H groups in total. The second kappa shape index (κ2) is 10.3. The number of nitrogens with zero attached hydrogens (tertiary/aromatic N) is 3. The van der Waals surface area contributed by atoms with Crippen molar-refractivity contribution >= 4 is 29.9 Å². The average molecular weight is 499 g/mol. The third-order valence-corrected chi connectivity index (χ3v) is 3.41. The summed E-state index contributed by atoms with van der Waals surface area (Å²) in [5, 5.41) is 6.04. The molecule has 0 aliphatic carbocycles. The van der Waals surface area contributed by atoms with E-state index in [1.165, 1.54) is 6.07 Å². The minimum absolute atomic E-state index is 0. The van der Waals surface area contributed by atoms with E-state index in [1.54, 1.807) is 7.05 Å². The largest absolute Gasteiger partial charge is 0.476 e. The fourth-order valence-corrected chi connectivity index (χ4v) is 1.95. The fraction of sp³-hybridized carbons (Fsp3) is 0.438. The molecule has 0 aliphatic rings. The first-order valence-corrected chi connectivity index (χ1v) is 7.83. The Labute approximate surface area is 171 Å². The lowest BCUT2D eigenvalue weighted by Gasteiger charge is -2.11. The number of rotatable bonds is 6. The van der Waals surface area contributed by atoms with Gasteiger partial charge in [0.25, 0.3) is 0 Å². The molecule has 2 aromatic heterocycles. The molecule has 0 bridgehead atoms. The summed E-state index contributed by atoms with van der Waals surface area (Å²) in [6.45, 7) is 4.66. The number of ether oxygens (including phenoxy) is 1. The van der Waals surface area contributed by atoms with Crippen LogP contribution in [0.1, 0.15) is 22.9 Å². The molecule has 0 saturated heterocycles. The number of pyridine rings is 1. The highest BCUT2D eigenvalue weighted by molar-refractivity contribution is 14.0. The number of halogens is 4. The maximum atomic E-state index is 12.5. The zero-order valence-electron chi connectivity index (χ0n) is 15.1. The summed E-state index contributed by atoms with van der Waals surface area (Å²) in [6, 6.07) is 2.11. The van der Waals surface area contributed by atoms with Gasteiger partial charge >= 0.3 is 6.18 Å². The van der Waals surface area contributed by atoms with Crippen molar-refractivity contribution in [2.75, 3.05) is 20.2 Å². The molecule has 150 valence electrons. The molecule has 2 heterocycles. The van der Waals surface area contributed by atoms with Gasteiger partial charge in [-0.2, -0.15) is 13.2 Å². The summed E-state index contributed by atoms with van der Waals surface area (Å²) >= 11 is 0. The Morgan fingerprint density at radius 3 is 2.52 bits per heavy atom. The van der Waals surface area contributed by atoms with Gasteiger partial charge in [-0.15, -0.1) is 24.0 Å². The highest BCUT2D eigenvalue weighted by Gasteiger charge is 2.30. The van der Waals surface area contributed by atoms with Crippen LogP contribution < -0.4 is 15.4 Å². The zero-order chi connectivity index (χ0) is 19.2. The predicted octanol–water partition coefficient (Wildman–Crippen LogP) is 3.07. The molecule has 0 aromatic carbocycles. The van der Waals surface area contributed by atoms with Crippen LogP contribution in [0.15, 0.2) is 27.7 Å². The summed E-state index contributed by atoms with van der Waals surface area (Å²) in [6.07, 6.45) is -3.67. The first kappa shape index (κ1) is 23.0. The molecule has 7 nitrogen and oxygen atoms in total. The number of aliphatic imine (C=N–C) groups is 1. The minimum Gasteiger partial charge on any atom is -0.476 e. The van der Waals surface area contributed by atoms with E-state index in [0.717, 1.165) is 23.7 Å². The summed E-state index contributed by atoms with van der Waals surface area (Å²) in [5.41, 5.74) is 0.0202. The first-order valence-electron chi connectivity index (χ1n) is 7.83. The zero-order valence-corrected chi connectivity index (χ0v) is 17.4. The number of alkyl halides is 3. The van der Waals surface area contributed by atoms with Crippen molar-refractivity contribution in [1.29, 1.82) is 0 Å². The van der Waals surface area contributed by atoms with E-state index < -0.39 is 11.7 Å². The molecule has 0 fully saturated rings. The number of nitrogens with one attached hydrogen (secondary N) is 2. The molecule has 0 amide bonds. The van der Waals surface area contributed by atoms with Crippen LogP contribution in [0.2, 0.25) is 0 Å². The van der Waals surface area contributed by atoms with E-state index in [0.29, 0.717) is 24.9 Å². The van der Waals surface area contributed by atoms with Gasteiger partial charge in [0.1, 0.15) is 12.4 Å². The Kier molecular flexibility index (Phi) is 8.79. The maximum Gasteiger partial charge on any atom is 0.417 e. The molecule has 0 spiro atoms. The molecule has 0 radical (unpaired) electrons. The van der Waals surface area contributed by atoms with Crippen LogP contribution in [-0.2, 0) is 12.7 Å². The summed E-state index contributed by atoms with van der Waals surface area (Å²) in [4.78, 5) is 11.9. The first-order chi connectivity index (χ1) is 12.3. The van der Waals surface area contributed by atoms with Crippen LogP contribution in [-0.4, -0.2) is 36.1 Å². The van der Waals surface area contributed by atoms with Crippen LogP contribution >= 0.6 is 24.0 Å². The molecule has 0 saturated carbocycles. The van der Waals surface area contributed by atoms with E-state index in [2.05, 4.69) is 25.6 Å². The Balaban J connectivity index is 0.00000364. The highest BCUT2D eigenvalue weighted by Crippen LogP contribution is 2.29. The summed E-state index contributed by atoms with van der Waals surface area (Å²) in [7, 11) is 1.61. The van der Waals surface area contributed by atoms with E-state index in [9.17, 15) is 13.2 Å². The molecule has 2 aromatic rings. The van der Waals surface area contributed by atoms with E-state index in [4.69, 9.17) is 9.15 Å². The Morgan fingerprint density at radius 2 is 2.00 bits per heavy atom. The molecule has 11 heteroatoms. The van der Waals surface area contributed by atoms with Crippen molar-refractivity contribution in [3.8, 4) is 5.88 Å². The van der Waals surface area contributed by atoms with Gasteiger partial charge in [-0.05, 0) is 19.9 Å². The van der Waals surface area contributed by atoms with Gasteiger partial charge in [0.05, 0.1) is 24.3 Å². The second-order valence-corrected chi connectivity index (χ2v) is 5.33. The molecule has 0 aliphatic heterocycles. The smallest absolute Gasteiger partial charge is 0.417 e. The number of aromatic nitrogens is 2. The molecule has 2 rings (SSSR count). The molecular formula is C16H21F3IN5O2. The number of oxazole rings is 1. The Morgan fingerprint density at radius 1 is 1.26 bits per heavy atom. The van der Waals surface area contributed by atoms with Crippen LogP contribution in [0.3, 0.4) is 0 Å². The molecule has 0 atom stereocenters. The highest BCUT2D eigenvalue weighted by atomic mass is 127. The lowest BCUT2D eigenvalue weighted by atomic mass is 10.3. The van der Waals surface area contributed by atoms with E-state index in [-0.39, 0.29) is 36.5 Å². The van der Waals surface area contributed by atoms with Crippen LogP contribution in [0.4, 0.5) is 13.2 Å². The van der Waals surface area contributed by atoms with Crippen LogP contribution in [0, 0.1) is 13.8 Å². The third-order valence-electron chi connectivity index (χ3n) is 3.41. The molecule has 0 unspecified atom stereocenters. The van der Waals surface area contributed by atoms with Crippen molar-refractivity contribution in [2.45, 2.75) is 26.6 Å². The number of hydrogen-bond donors (Lipinski definition) is 2. The van der Waals surface area contributed by atoms with Crippen LogP contribution in [0.5, 0.6) is 5.88 Å². The van der Waals surface area contributed by atoms with Gasteiger partial charge in [-0.1, -0.05) is 0 Å². The SMILES string of the molecule is CN=C(NCCOc1ccc(C(F)(F)F)cn1)NCc1nc(C)c(C)o1.I. The number of hydrogen-bond acceptors (Lipinski definition) is 5. The van der Waals surface area contributed by atoms with Gasteiger partial charge in [0.2, 0.25) is 11.8 Å². The van der Waals surface area contributed by atoms with Gasteiger partial charge in [0, 0.05) is 19.3 Å². The van der Waals surface area contributed by atoms with Gasteiger partial charge in [0.15, 0.2) is 5.96 Å². The fourth-order valence-electron chi connectivity index (χ4n) is 1.95. The number of guanidine groups is 1. The molecule has 27 heavy (non-hydrogen) atoms. The lowest BCUT2D eigenvalue weighted by Crippen LogP contribution is -2.39. The number of aryl methyl sites for hydroxylation is 2. The standard InChI is InChI=1S/C16H20F3N5O2.HI/c1-10-11(2)26-14(24-10)9-23-15(20-3)21-6-7-25-13-5-4-12(8-22-13)16(17,18)19;/h4-5,8H,6-7,9H2,1-3H3,(H2,20,21,23);1H. The normalized spacial score (nSPS) is 11.7. The maximum absolute atomic E-state index is 12.5. The van der Waals surface area contributed by atoms with E-state index in [1.807, 2.05) is 13.8 Å². The van der Waals surface area contributed by atoms with E-state index >= 15 is 0 Å². The van der Waals surface area contributed by atoms with Gasteiger partial charge in [-0.25, -0.2) is 9.97 Å². The minimum atomic E-state index is -4.41. The average Bonchev–Trinajstić information content (AvgIpc) is 2.92. The van der Waals surface area contributed by atoms with Crippen molar-refractivity contribution in [2.24, 2.45) is 4.99 Å². The van der Waals surface area contributed by atoms with Crippen LogP contribution in [0.25, 0.3) is 0 Å². The second-order valence-electron chi connectivity index (χ2n) is 5.33. The Bertz CT molecular complexity index is 728. The van der Waals surface area contributed by atoms with Gasteiger partial charge < -0.3 is 19.8 Å². The monoisotopic (exact) mass is 499 g/mol. The van der Waals surface area contributed by atoms with Crippen molar-refractivity contribution in [3.05, 3.63) is 41.2 Å².